The van der Waals surface area contributed by atoms with Gasteiger partial charge in [0.2, 0.25) is 5.82 Å². The van der Waals surface area contributed by atoms with Crippen molar-refractivity contribution in [1.82, 2.24) is 15.1 Å². The van der Waals surface area contributed by atoms with Crippen LogP contribution in [0.25, 0.3) is 22.2 Å². The number of nitrogens with one attached hydrogen (secondary N) is 1. The number of aromatic nitrogens is 3. The SMILES string of the molecule is Cc1nc(NC(=O)COc2ccccc2[N+](=O)[O-])sc1-c1nc(-c2ccc(F)cc2)no1. The summed E-state index contributed by atoms with van der Waals surface area (Å²) in [6, 6.07) is 11.4. The van der Waals surface area contributed by atoms with Gasteiger partial charge < -0.3 is 9.26 Å². The van der Waals surface area contributed by atoms with E-state index in [-0.39, 0.29) is 34.1 Å². The van der Waals surface area contributed by atoms with Crippen molar-refractivity contribution < 1.29 is 23.4 Å². The summed E-state index contributed by atoms with van der Waals surface area (Å²) in [6.45, 7) is 1.28. The number of halogens is 1. The molecule has 10 nitrogen and oxygen atoms in total. The van der Waals surface area contributed by atoms with E-state index in [1.165, 1.54) is 42.5 Å². The van der Waals surface area contributed by atoms with Crippen LogP contribution in [0.2, 0.25) is 0 Å². The first-order valence-corrected chi connectivity index (χ1v) is 9.96. The number of rotatable bonds is 7. The Balaban J connectivity index is 1.43. The quantitative estimate of drug-likeness (QED) is 0.323. The summed E-state index contributed by atoms with van der Waals surface area (Å²) in [7, 11) is 0. The summed E-state index contributed by atoms with van der Waals surface area (Å²) in [6.07, 6.45) is 0. The number of carbonyl (C=O) groups is 1. The summed E-state index contributed by atoms with van der Waals surface area (Å²) >= 11 is 1.12. The third kappa shape index (κ3) is 4.59. The van der Waals surface area contributed by atoms with Crippen LogP contribution in [0.15, 0.2) is 53.1 Å². The molecule has 0 bridgehead atoms. The van der Waals surface area contributed by atoms with Crippen molar-refractivity contribution in [2.75, 3.05) is 11.9 Å². The minimum atomic E-state index is -0.589. The number of amides is 1. The Bertz CT molecular complexity index is 1290. The standard InChI is InChI=1S/C20H14FN5O5S/c1-11-17(19-24-18(25-31-19)12-6-8-13(21)9-7-12)32-20(22-11)23-16(27)10-30-15-5-3-2-4-14(15)26(28)29/h2-9H,10H2,1H3,(H,22,23,27). The predicted molar refractivity (Wildman–Crippen MR) is 113 cm³/mol. The van der Waals surface area contributed by atoms with Gasteiger partial charge in [-0.15, -0.1) is 0 Å². The average Bonchev–Trinajstić information content (AvgIpc) is 3.39. The molecule has 2 heterocycles. The van der Waals surface area contributed by atoms with Gasteiger partial charge in [-0.25, -0.2) is 9.37 Å². The largest absolute Gasteiger partial charge is 0.477 e. The highest BCUT2D eigenvalue weighted by Gasteiger charge is 2.19. The van der Waals surface area contributed by atoms with Crippen LogP contribution in [0.4, 0.5) is 15.2 Å². The van der Waals surface area contributed by atoms with Crippen molar-refractivity contribution in [2.24, 2.45) is 0 Å². The van der Waals surface area contributed by atoms with Gasteiger partial charge in [-0.3, -0.25) is 20.2 Å². The fourth-order valence-corrected chi connectivity index (χ4v) is 3.61. The van der Waals surface area contributed by atoms with E-state index in [0.29, 0.717) is 16.1 Å². The van der Waals surface area contributed by atoms with Gasteiger partial charge in [0.15, 0.2) is 17.5 Å². The molecule has 0 atom stereocenters. The fraction of sp³-hybridized carbons (Fsp3) is 0.100. The smallest absolute Gasteiger partial charge is 0.310 e. The third-order valence-corrected chi connectivity index (χ3v) is 5.25. The van der Waals surface area contributed by atoms with Crippen LogP contribution in [0.3, 0.4) is 0 Å². The second-order valence-electron chi connectivity index (χ2n) is 6.43. The highest BCUT2D eigenvalue weighted by Crippen LogP contribution is 2.33. The van der Waals surface area contributed by atoms with Crippen molar-refractivity contribution >= 4 is 28.1 Å². The number of thiazole rings is 1. The molecule has 0 saturated heterocycles. The van der Waals surface area contributed by atoms with E-state index in [0.717, 1.165) is 11.3 Å². The van der Waals surface area contributed by atoms with Crippen molar-refractivity contribution in [1.29, 1.82) is 0 Å². The van der Waals surface area contributed by atoms with Crippen LogP contribution in [0, 0.1) is 22.9 Å². The van der Waals surface area contributed by atoms with Gasteiger partial charge in [0, 0.05) is 11.6 Å². The molecule has 0 unspecified atom stereocenters. The Kier molecular flexibility index (Phi) is 5.85. The number of aryl methyl sites for hydroxylation is 1. The van der Waals surface area contributed by atoms with E-state index in [4.69, 9.17) is 9.26 Å². The number of anilines is 1. The average molecular weight is 455 g/mol. The number of nitro benzene ring substituents is 1. The molecule has 32 heavy (non-hydrogen) atoms. The zero-order valence-corrected chi connectivity index (χ0v) is 17.3. The van der Waals surface area contributed by atoms with Crippen LogP contribution in [0.5, 0.6) is 5.75 Å². The predicted octanol–water partition coefficient (Wildman–Crippen LogP) is 4.23. The second-order valence-corrected chi connectivity index (χ2v) is 7.42. The van der Waals surface area contributed by atoms with E-state index in [2.05, 4.69) is 20.4 Å². The number of carbonyl (C=O) groups excluding carboxylic acids is 1. The van der Waals surface area contributed by atoms with E-state index in [1.54, 1.807) is 13.0 Å². The second kappa shape index (κ2) is 8.89. The van der Waals surface area contributed by atoms with Gasteiger partial charge in [0.25, 0.3) is 11.8 Å². The molecule has 4 rings (SSSR count). The Morgan fingerprint density at radius 2 is 1.97 bits per heavy atom. The maximum Gasteiger partial charge on any atom is 0.310 e. The first kappa shape index (κ1) is 21.1. The van der Waals surface area contributed by atoms with Crippen LogP contribution in [-0.4, -0.2) is 32.6 Å². The summed E-state index contributed by atoms with van der Waals surface area (Å²) in [5.41, 5.74) is 0.907. The first-order chi connectivity index (χ1) is 15.4. The number of nitro groups is 1. The molecule has 0 aliphatic rings. The molecule has 12 heteroatoms. The third-order valence-electron chi connectivity index (χ3n) is 4.19. The van der Waals surface area contributed by atoms with Gasteiger partial charge in [-0.05, 0) is 37.3 Å². The van der Waals surface area contributed by atoms with E-state index >= 15 is 0 Å². The van der Waals surface area contributed by atoms with Gasteiger partial charge in [-0.2, -0.15) is 4.98 Å². The summed E-state index contributed by atoms with van der Waals surface area (Å²) in [5.74, 6) is -0.432. The van der Waals surface area contributed by atoms with Crippen LogP contribution >= 0.6 is 11.3 Å². The Hall–Kier alpha value is -4.19. The molecular formula is C20H14FN5O5S. The highest BCUT2D eigenvalue weighted by molar-refractivity contribution is 7.19. The molecule has 2 aromatic heterocycles. The van der Waals surface area contributed by atoms with E-state index in [1.807, 2.05) is 0 Å². The molecule has 1 amide bonds. The molecule has 1 N–H and O–H groups in total. The minimum Gasteiger partial charge on any atom is -0.477 e. The molecular weight excluding hydrogens is 441 g/mol. The molecule has 2 aromatic carbocycles. The molecule has 0 saturated carbocycles. The monoisotopic (exact) mass is 455 g/mol. The number of ether oxygens (including phenoxy) is 1. The lowest BCUT2D eigenvalue weighted by atomic mass is 10.2. The number of hydrogen-bond acceptors (Lipinski definition) is 9. The fourth-order valence-electron chi connectivity index (χ4n) is 2.71. The van der Waals surface area contributed by atoms with E-state index < -0.39 is 17.4 Å². The lowest BCUT2D eigenvalue weighted by Gasteiger charge is -2.06. The zero-order valence-electron chi connectivity index (χ0n) is 16.4. The minimum absolute atomic E-state index is 0.0113. The van der Waals surface area contributed by atoms with Gasteiger partial charge >= 0.3 is 5.69 Å². The lowest BCUT2D eigenvalue weighted by molar-refractivity contribution is -0.385. The number of benzene rings is 2. The Labute approximate surface area is 183 Å². The molecule has 162 valence electrons. The van der Waals surface area contributed by atoms with Crippen molar-refractivity contribution in [3.05, 3.63) is 70.2 Å². The summed E-state index contributed by atoms with van der Waals surface area (Å²) in [4.78, 5) is 31.8. The topological polar surface area (TPSA) is 133 Å². The number of para-hydroxylation sites is 2. The maximum absolute atomic E-state index is 13.1. The lowest BCUT2D eigenvalue weighted by Crippen LogP contribution is -2.20. The molecule has 0 fully saturated rings. The van der Waals surface area contributed by atoms with Crippen LogP contribution < -0.4 is 10.1 Å². The van der Waals surface area contributed by atoms with Crippen molar-refractivity contribution in [3.63, 3.8) is 0 Å². The van der Waals surface area contributed by atoms with Gasteiger partial charge in [0.1, 0.15) is 10.7 Å². The maximum atomic E-state index is 13.1. The molecule has 0 spiro atoms. The molecule has 0 radical (unpaired) electrons. The summed E-state index contributed by atoms with van der Waals surface area (Å²) < 4.78 is 23.7. The molecule has 0 aliphatic heterocycles. The van der Waals surface area contributed by atoms with Crippen LogP contribution in [0.1, 0.15) is 5.69 Å². The van der Waals surface area contributed by atoms with Crippen molar-refractivity contribution in [3.8, 4) is 27.9 Å². The normalized spacial score (nSPS) is 10.7. The van der Waals surface area contributed by atoms with Gasteiger partial charge in [0.05, 0.1) is 10.6 Å². The Morgan fingerprint density at radius 1 is 1.22 bits per heavy atom. The van der Waals surface area contributed by atoms with Gasteiger partial charge in [-0.1, -0.05) is 28.6 Å². The first-order valence-electron chi connectivity index (χ1n) is 9.14. The molecule has 0 aliphatic carbocycles. The summed E-state index contributed by atoms with van der Waals surface area (Å²) in [5, 5.41) is 17.8. The highest BCUT2D eigenvalue weighted by atomic mass is 32.1. The number of nitrogens with zero attached hydrogens (tertiary/aromatic N) is 4. The Morgan fingerprint density at radius 3 is 2.72 bits per heavy atom. The van der Waals surface area contributed by atoms with Crippen molar-refractivity contribution in [2.45, 2.75) is 6.92 Å². The number of hydrogen-bond donors (Lipinski definition) is 1. The van der Waals surface area contributed by atoms with E-state index in [9.17, 15) is 19.3 Å². The molecule has 4 aromatic rings. The zero-order chi connectivity index (χ0) is 22.7. The van der Waals surface area contributed by atoms with Crippen LogP contribution in [-0.2, 0) is 4.79 Å².